The molecule has 0 unspecified atom stereocenters. The van der Waals surface area contributed by atoms with Crippen LogP contribution in [0.2, 0.25) is 0 Å². The summed E-state index contributed by atoms with van der Waals surface area (Å²) >= 11 is 1.55. The molecular weight excluding hydrogens is 398 g/mol. The largest absolute Gasteiger partial charge is 0.497 e. The predicted octanol–water partition coefficient (Wildman–Crippen LogP) is 3.55. The minimum atomic E-state index is -0.0611. The number of fused-ring (bicyclic) bond motifs is 1. The van der Waals surface area contributed by atoms with E-state index in [2.05, 4.69) is 10.4 Å². The van der Waals surface area contributed by atoms with Crippen LogP contribution < -0.4 is 15.0 Å². The Kier molecular flexibility index (Phi) is 5.67. The smallest absolute Gasteiger partial charge is 0.239 e. The van der Waals surface area contributed by atoms with Gasteiger partial charge < -0.3 is 15.0 Å². The number of hydrogen-bond donors (Lipinski definition) is 1. The topological polar surface area (TPSA) is 72.3 Å². The van der Waals surface area contributed by atoms with Crippen molar-refractivity contribution in [2.75, 3.05) is 25.6 Å². The van der Waals surface area contributed by atoms with Gasteiger partial charge in [0.2, 0.25) is 5.91 Å². The number of aromatic nitrogens is 3. The van der Waals surface area contributed by atoms with Crippen molar-refractivity contribution in [1.82, 2.24) is 20.1 Å². The molecule has 0 bridgehead atoms. The number of benzene rings is 2. The van der Waals surface area contributed by atoms with Crippen LogP contribution >= 0.6 is 11.3 Å². The number of likely N-dealkylation sites (N-methyl/N-ethyl adjacent to an activating group) is 1. The second-order valence-corrected chi connectivity index (χ2v) is 7.94. The van der Waals surface area contributed by atoms with Crippen LogP contribution in [-0.4, -0.2) is 41.4 Å². The first-order valence-electron chi connectivity index (χ1n) is 9.57. The number of methoxy groups -OCH3 is 1. The molecule has 2 aromatic carbocycles. The van der Waals surface area contributed by atoms with Crippen molar-refractivity contribution in [2.24, 2.45) is 0 Å². The van der Waals surface area contributed by atoms with Crippen LogP contribution in [0.5, 0.6) is 5.75 Å². The summed E-state index contributed by atoms with van der Waals surface area (Å²) in [5.74, 6) is 0.735. The molecule has 2 heterocycles. The second-order valence-electron chi connectivity index (χ2n) is 6.96. The van der Waals surface area contributed by atoms with E-state index in [4.69, 9.17) is 9.72 Å². The lowest BCUT2D eigenvalue weighted by molar-refractivity contribution is -0.119. The number of carbonyl (C=O) groups excluding carboxylic acids is 1. The molecule has 0 saturated carbocycles. The maximum absolute atomic E-state index is 12.4. The molecular formula is C22H23N5O2S. The number of ether oxygens (including phenoxy) is 1. The van der Waals surface area contributed by atoms with Gasteiger partial charge in [0.05, 0.1) is 29.7 Å². The summed E-state index contributed by atoms with van der Waals surface area (Å²) in [6, 6.07) is 17.6. The fourth-order valence-corrected chi connectivity index (χ4v) is 4.07. The zero-order valence-electron chi connectivity index (χ0n) is 17.1. The Labute approximate surface area is 178 Å². The van der Waals surface area contributed by atoms with Gasteiger partial charge in [-0.2, -0.15) is 10.1 Å². The average Bonchev–Trinajstić information content (AvgIpc) is 3.34. The van der Waals surface area contributed by atoms with Gasteiger partial charge in [-0.25, -0.2) is 4.68 Å². The lowest BCUT2D eigenvalue weighted by atomic mass is 10.2. The van der Waals surface area contributed by atoms with E-state index in [1.54, 1.807) is 18.4 Å². The molecule has 30 heavy (non-hydrogen) atoms. The number of hydrogen-bond acceptors (Lipinski definition) is 6. The first-order valence-corrected chi connectivity index (χ1v) is 10.4. The van der Waals surface area contributed by atoms with Gasteiger partial charge in [0.25, 0.3) is 0 Å². The molecule has 0 radical (unpaired) electrons. The quantitative estimate of drug-likeness (QED) is 0.494. The molecule has 0 spiro atoms. The maximum Gasteiger partial charge on any atom is 0.239 e. The van der Waals surface area contributed by atoms with Crippen LogP contribution in [0.4, 0.5) is 5.13 Å². The second kappa shape index (κ2) is 8.54. The molecule has 4 aromatic rings. The first-order chi connectivity index (χ1) is 14.5. The van der Waals surface area contributed by atoms with Crippen molar-refractivity contribution in [3.05, 3.63) is 65.9 Å². The summed E-state index contributed by atoms with van der Waals surface area (Å²) in [4.78, 5) is 19.0. The molecule has 154 valence electrons. The number of aryl methyl sites for hydroxylation is 1. The number of amides is 1. The summed E-state index contributed by atoms with van der Waals surface area (Å²) < 4.78 is 8.03. The molecule has 2 aromatic heterocycles. The van der Waals surface area contributed by atoms with Crippen LogP contribution in [-0.2, 0) is 11.3 Å². The SMILES string of the molecule is COc1ccc(CNC(=O)CN(C)c2nc3c(s2)c(C)nn3-c2ccccc2)cc1. The van der Waals surface area contributed by atoms with Crippen molar-refractivity contribution in [3.63, 3.8) is 0 Å². The van der Waals surface area contributed by atoms with Crippen molar-refractivity contribution in [2.45, 2.75) is 13.5 Å². The van der Waals surface area contributed by atoms with Crippen LogP contribution in [0, 0.1) is 6.92 Å². The molecule has 0 aliphatic carbocycles. The van der Waals surface area contributed by atoms with Gasteiger partial charge in [0.15, 0.2) is 10.8 Å². The molecule has 0 aliphatic rings. The van der Waals surface area contributed by atoms with Crippen molar-refractivity contribution >= 4 is 32.7 Å². The fraction of sp³-hybridized carbons (Fsp3) is 0.227. The third-order valence-corrected chi connectivity index (χ3v) is 6.00. The van der Waals surface area contributed by atoms with E-state index < -0.39 is 0 Å². The fourth-order valence-electron chi connectivity index (χ4n) is 3.12. The lowest BCUT2D eigenvalue weighted by Gasteiger charge is -2.15. The van der Waals surface area contributed by atoms with Crippen LogP contribution in [0.25, 0.3) is 16.0 Å². The summed E-state index contributed by atoms with van der Waals surface area (Å²) in [7, 11) is 3.51. The van der Waals surface area contributed by atoms with Gasteiger partial charge in [-0.05, 0) is 36.8 Å². The molecule has 8 heteroatoms. The highest BCUT2D eigenvalue weighted by Gasteiger charge is 2.18. The number of nitrogens with zero attached hydrogens (tertiary/aromatic N) is 4. The minimum Gasteiger partial charge on any atom is -0.497 e. The summed E-state index contributed by atoms with van der Waals surface area (Å²) in [5.41, 5.74) is 3.72. The molecule has 1 N–H and O–H groups in total. The number of carbonyl (C=O) groups is 1. The standard InChI is InChI=1S/C22H23N5O2S/c1-15-20-21(27(25-15)17-7-5-4-6-8-17)24-22(30-20)26(2)14-19(28)23-13-16-9-11-18(29-3)12-10-16/h4-12H,13-14H2,1-3H3,(H,23,28). The summed E-state index contributed by atoms with van der Waals surface area (Å²) in [5, 5.41) is 8.35. The van der Waals surface area contributed by atoms with E-state index in [0.29, 0.717) is 6.54 Å². The van der Waals surface area contributed by atoms with Crippen molar-refractivity contribution < 1.29 is 9.53 Å². The highest BCUT2D eigenvalue weighted by molar-refractivity contribution is 7.22. The molecule has 0 atom stereocenters. The molecule has 0 saturated heterocycles. The van der Waals surface area contributed by atoms with Gasteiger partial charge in [0.1, 0.15) is 5.75 Å². The molecule has 7 nitrogen and oxygen atoms in total. The Balaban J connectivity index is 1.44. The van der Waals surface area contributed by atoms with Gasteiger partial charge >= 0.3 is 0 Å². The van der Waals surface area contributed by atoms with E-state index in [1.165, 1.54) is 0 Å². The van der Waals surface area contributed by atoms with Crippen LogP contribution in [0.3, 0.4) is 0 Å². The zero-order chi connectivity index (χ0) is 21.1. The van der Waals surface area contributed by atoms with Gasteiger partial charge in [-0.1, -0.05) is 41.7 Å². The molecule has 4 rings (SSSR count). The Morgan fingerprint density at radius 3 is 2.60 bits per heavy atom. The highest BCUT2D eigenvalue weighted by atomic mass is 32.1. The van der Waals surface area contributed by atoms with Crippen molar-refractivity contribution in [3.8, 4) is 11.4 Å². The van der Waals surface area contributed by atoms with Gasteiger partial charge in [0, 0.05) is 13.6 Å². The van der Waals surface area contributed by atoms with Gasteiger partial charge in [-0.3, -0.25) is 4.79 Å². The maximum atomic E-state index is 12.4. The van der Waals surface area contributed by atoms with E-state index in [9.17, 15) is 4.79 Å². The van der Waals surface area contributed by atoms with Crippen LogP contribution in [0.1, 0.15) is 11.3 Å². The zero-order valence-corrected chi connectivity index (χ0v) is 17.9. The number of para-hydroxylation sites is 1. The Hall–Kier alpha value is -3.39. The van der Waals surface area contributed by atoms with Gasteiger partial charge in [-0.15, -0.1) is 0 Å². The van der Waals surface area contributed by atoms with E-state index in [0.717, 1.165) is 38.2 Å². The molecule has 0 fully saturated rings. The Morgan fingerprint density at radius 1 is 1.17 bits per heavy atom. The highest BCUT2D eigenvalue weighted by Crippen LogP contribution is 2.31. The third-order valence-electron chi connectivity index (χ3n) is 4.73. The number of nitrogens with one attached hydrogen (secondary N) is 1. The molecule has 1 amide bonds. The summed E-state index contributed by atoms with van der Waals surface area (Å²) in [6.45, 7) is 2.67. The first kappa shape index (κ1) is 19.9. The minimum absolute atomic E-state index is 0.0611. The Bertz CT molecular complexity index is 1150. The Morgan fingerprint density at radius 2 is 1.90 bits per heavy atom. The predicted molar refractivity (Wildman–Crippen MR) is 120 cm³/mol. The number of anilines is 1. The van der Waals surface area contributed by atoms with Crippen molar-refractivity contribution in [1.29, 1.82) is 0 Å². The molecule has 0 aliphatic heterocycles. The normalized spacial score (nSPS) is 10.9. The number of thiazole rings is 1. The van der Waals surface area contributed by atoms with E-state index in [-0.39, 0.29) is 12.5 Å². The number of rotatable bonds is 7. The monoisotopic (exact) mass is 421 g/mol. The van der Waals surface area contributed by atoms with Crippen LogP contribution in [0.15, 0.2) is 54.6 Å². The lowest BCUT2D eigenvalue weighted by Crippen LogP contribution is -2.34. The average molecular weight is 422 g/mol. The summed E-state index contributed by atoms with van der Waals surface area (Å²) in [6.07, 6.45) is 0. The van der Waals surface area contributed by atoms with E-state index >= 15 is 0 Å². The third kappa shape index (κ3) is 4.13. The van der Waals surface area contributed by atoms with E-state index in [1.807, 2.05) is 78.2 Å².